The molecule has 3 aliphatic carbocycles. The molecule has 1 amide bonds. The molecular weight excluding hydrogens is 408 g/mol. The Hall–Kier alpha value is -2.34. The number of nitrogens with one attached hydrogen (secondary N) is 1. The number of benzene rings is 2. The van der Waals surface area contributed by atoms with Crippen molar-refractivity contribution in [2.75, 3.05) is 11.9 Å². The molecule has 1 N–H and O–H groups in total. The third-order valence-corrected chi connectivity index (χ3v) is 11.6. The first-order valence-corrected chi connectivity index (χ1v) is 13.0. The summed E-state index contributed by atoms with van der Waals surface area (Å²) in [4.78, 5) is 15.9. The minimum absolute atomic E-state index is 0.105. The van der Waals surface area contributed by atoms with Crippen LogP contribution in [0, 0.1) is 5.41 Å². The van der Waals surface area contributed by atoms with E-state index in [1.54, 1.807) is 24.3 Å². The fourth-order valence-electron chi connectivity index (χ4n) is 8.44. The summed E-state index contributed by atoms with van der Waals surface area (Å²) in [6.45, 7) is 0.807. The highest BCUT2D eigenvalue weighted by Gasteiger charge is 2.81. The van der Waals surface area contributed by atoms with E-state index in [1.807, 2.05) is 18.2 Å². The van der Waals surface area contributed by atoms with Crippen LogP contribution < -0.4 is 5.32 Å². The number of sulfone groups is 1. The molecule has 5 nitrogen and oxygen atoms in total. The molecule has 3 aliphatic heterocycles. The van der Waals surface area contributed by atoms with E-state index in [4.69, 9.17) is 0 Å². The molecule has 0 radical (unpaired) electrons. The van der Waals surface area contributed by atoms with Crippen molar-refractivity contribution in [1.29, 1.82) is 0 Å². The average Bonchev–Trinajstić information content (AvgIpc) is 3.27. The van der Waals surface area contributed by atoms with Gasteiger partial charge in [-0.15, -0.1) is 0 Å². The van der Waals surface area contributed by atoms with Crippen molar-refractivity contribution in [3.63, 3.8) is 0 Å². The SMILES string of the molecule is O=C1C[C@]23c4ccccc4N[C@]24CC[C@@]2(CCCN1[C@@H]23)CC4S(=O)(=O)c1ccccc1. The Bertz CT molecular complexity index is 1230. The lowest BCUT2D eigenvalue weighted by Gasteiger charge is -2.68. The highest BCUT2D eigenvalue weighted by atomic mass is 32.2. The smallest absolute Gasteiger partial charge is 0.223 e. The van der Waals surface area contributed by atoms with Gasteiger partial charge in [0.25, 0.3) is 0 Å². The lowest BCUT2D eigenvalue weighted by atomic mass is 9.41. The first-order chi connectivity index (χ1) is 14.9. The summed E-state index contributed by atoms with van der Waals surface area (Å²) in [5.74, 6) is 0.205. The van der Waals surface area contributed by atoms with Crippen LogP contribution in [0.3, 0.4) is 0 Å². The maximum atomic E-state index is 14.2. The van der Waals surface area contributed by atoms with Gasteiger partial charge in [0.1, 0.15) is 0 Å². The van der Waals surface area contributed by atoms with Crippen LogP contribution in [-0.2, 0) is 20.0 Å². The predicted octanol–water partition coefficient (Wildman–Crippen LogP) is 3.51. The second-order valence-electron chi connectivity index (χ2n) is 10.3. The Kier molecular flexibility index (Phi) is 3.25. The van der Waals surface area contributed by atoms with Gasteiger partial charge in [-0.1, -0.05) is 36.4 Å². The molecule has 31 heavy (non-hydrogen) atoms. The highest BCUT2D eigenvalue weighted by molar-refractivity contribution is 7.92. The van der Waals surface area contributed by atoms with Crippen molar-refractivity contribution >= 4 is 21.4 Å². The second-order valence-corrected chi connectivity index (χ2v) is 12.4. The van der Waals surface area contributed by atoms with E-state index in [-0.39, 0.29) is 17.4 Å². The van der Waals surface area contributed by atoms with Gasteiger partial charge in [0.05, 0.1) is 21.1 Å². The molecule has 8 rings (SSSR count). The van der Waals surface area contributed by atoms with Crippen molar-refractivity contribution in [2.24, 2.45) is 5.41 Å². The van der Waals surface area contributed by atoms with E-state index < -0.39 is 26.0 Å². The molecule has 2 aromatic carbocycles. The van der Waals surface area contributed by atoms with Crippen LogP contribution in [0.4, 0.5) is 5.69 Å². The van der Waals surface area contributed by atoms with Crippen molar-refractivity contribution in [3.05, 3.63) is 60.2 Å². The Morgan fingerprint density at radius 2 is 1.74 bits per heavy atom. The predicted molar refractivity (Wildman–Crippen MR) is 118 cm³/mol. The van der Waals surface area contributed by atoms with Crippen molar-refractivity contribution < 1.29 is 13.2 Å². The van der Waals surface area contributed by atoms with Gasteiger partial charge in [-0.2, -0.15) is 0 Å². The van der Waals surface area contributed by atoms with Crippen LogP contribution in [0.5, 0.6) is 0 Å². The molecule has 6 heteroatoms. The van der Waals surface area contributed by atoms with Gasteiger partial charge in [-0.05, 0) is 61.3 Å². The van der Waals surface area contributed by atoms with Gasteiger partial charge in [-0.3, -0.25) is 4.79 Å². The van der Waals surface area contributed by atoms with Crippen LogP contribution in [0.15, 0.2) is 59.5 Å². The maximum absolute atomic E-state index is 14.2. The number of piperidine rings is 1. The normalized spacial score (nSPS) is 39.6. The summed E-state index contributed by atoms with van der Waals surface area (Å²) in [6.07, 6.45) is 4.84. The van der Waals surface area contributed by atoms with Crippen LogP contribution in [0.2, 0.25) is 0 Å². The van der Waals surface area contributed by atoms with Gasteiger partial charge in [0.2, 0.25) is 5.91 Å². The number of carbonyl (C=O) groups is 1. The van der Waals surface area contributed by atoms with Crippen molar-refractivity contribution in [3.8, 4) is 0 Å². The third-order valence-electron chi connectivity index (χ3n) is 9.35. The van der Waals surface area contributed by atoms with E-state index in [2.05, 4.69) is 22.3 Å². The zero-order chi connectivity index (χ0) is 21.1. The average molecular weight is 435 g/mol. The van der Waals surface area contributed by atoms with Gasteiger partial charge in [0.15, 0.2) is 9.84 Å². The molecule has 160 valence electrons. The molecule has 2 aromatic rings. The standard InChI is InChI=1S/C25H26N2O3S/c28-21-16-24-18-9-4-5-10-19(18)26-25(24)13-12-23(11-6-14-27(21)22(23)24)15-20(25)31(29,30)17-7-2-1-3-8-17/h1-5,7-10,20,22,26H,6,11-16H2/t20?,22-,23-,24+,25-/m0/s1. The zero-order valence-corrected chi connectivity index (χ0v) is 18.2. The van der Waals surface area contributed by atoms with Crippen LogP contribution >= 0.6 is 0 Å². The quantitative estimate of drug-likeness (QED) is 0.786. The van der Waals surface area contributed by atoms with E-state index in [1.165, 1.54) is 0 Å². The van der Waals surface area contributed by atoms with Crippen LogP contribution in [0.1, 0.15) is 44.1 Å². The summed E-state index contributed by atoms with van der Waals surface area (Å²) in [5.41, 5.74) is 0.963. The first kappa shape index (κ1) is 18.3. The summed E-state index contributed by atoms with van der Waals surface area (Å²) in [5, 5.41) is 3.24. The number of carbonyl (C=O) groups excluding carboxylic acids is 1. The van der Waals surface area contributed by atoms with Gasteiger partial charge in [0, 0.05) is 24.7 Å². The second kappa shape index (κ2) is 5.52. The number of rotatable bonds is 2. The largest absolute Gasteiger partial charge is 0.377 e. The van der Waals surface area contributed by atoms with Crippen LogP contribution in [0.25, 0.3) is 0 Å². The van der Waals surface area contributed by atoms with Gasteiger partial charge in [-0.25, -0.2) is 8.42 Å². The first-order valence-electron chi connectivity index (χ1n) is 11.4. The maximum Gasteiger partial charge on any atom is 0.223 e. The van der Waals surface area contributed by atoms with E-state index in [9.17, 15) is 13.2 Å². The summed E-state index contributed by atoms with van der Waals surface area (Å²) in [6, 6.07) is 17.3. The Morgan fingerprint density at radius 1 is 0.968 bits per heavy atom. The van der Waals surface area contributed by atoms with Gasteiger partial charge >= 0.3 is 0 Å². The highest BCUT2D eigenvalue weighted by Crippen LogP contribution is 2.73. The number of anilines is 1. The number of hydrogen-bond acceptors (Lipinski definition) is 4. The summed E-state index contributed by atoms with van der Waals surface area (Å²) in [7, 11) is -3.57. The molecule has 3 saturated carbocycles. The Labute approximate surface area is 182 Å². The molecule has 5 fully saturated rings. The number of fused-ring (bicyclic) bond motifs is 3. The number of hydrogen-bond donors (Lipinski definition) is 1. The lowest BCUT2D eigenvalue weighted by Crippen LogP contribution is -2.78. The van der Waals surface area contributed by atoms with Crippen molar-refractivity contribution in [1.82, 2.24) is 4.90 Å². The van der Waals surface area contributed by atoms with E-state index in [0.717, 1.165) is 43.5 Å². The molecule has 6 aliphatic rings. The lowest BCUT2D eigenvalue weighted by molar-refractivity contribution is -0.138. The van der Waals surface area contributed by atoms with Gasteiger partial charge < -0.3 is 10.2 Å². The molecule has 0 aromatic heterocycles. The Balaban J connectivity index is 1.53. The van der Waals surface area contributed by atoms with Crippen LogP contribution in [-0.4, -0.2) is 42.6 Å². The Morgan fingerprint density at radius 3 is 2.58 bits per heavy atom. The summed E-state index contributed by atoms with van der Waals surface area (Å²) < 4.78 is 28.3. The summed E-state index contributed by atoms with van der Waals surface area (Å²) >= 11 is 0. The monoisotopic (exact) mass is 434 g/mol. The number of amides is 1. The fourth-order valence-corrected chi connectivity index (χ4v) is 10.8. The molecular formula is C25H26N2O3S. The molecule has 3 spiro atoms. The molecule has 3 heterocycles. The minimum Gasteiger partial charge on any atom is -0.377 e. The number of nitrogens with zero attached hydrogens (tertiary/aromatic N) is 1. The molecule has 2 bridgehead atoms. The fraction of sp³-hybridized carbons (Fsp3) is 0.480. The molecule has 1 unspecified atom stereocenters. The zero-order valence-electron chi connectivity index (χ0n) is 17.4. The number of para-hydroxylation sites is 1. The minimum atomic E-state index is -3.57. The van der Waals surface area contributed by atoms with E-state index >= 15 is 0 Å². The van der Waals surface area contributed by atoms with E-state index in [0.29, 0.717) is 17.7 Å². The molecule has 5 atom stereocenters. The molecule has 2 saturated heterocycles. The van der Waals surface area contributed by atoms with Crippen molar-refractivity contribution in [2.45, 2.75) is 65.7 Å². The topological polar surface area (TPSA) is 66.5 Å². The third kappa shape index (κ3) is 1.87.